The number of hydrogen-bond donors (Lipinski definition) is 1. The Hall–Kier alpha value is -0.340. The lowest BCUT2D eigenvalue weighted by Gasteiger charge is -2.39. The second-order valence-corrected chi connectivity index (χ2v) is 8.51. The van der Waals surface area contributed by atoms with Gasteiger partial charge in [0.1, 0.15) is 0 Å². The van der Waals surface area contributed by atoms with Gasteiger partial charge in [-0.1, -0.05) is 20.8 Å². The Morgan fingerprint density at radius 3 is 2.21 bits per heavy atom. The summed E-state index contributed by atoms with van der Waals surface area (Å²) in [7, 11) is 2.12. The van der Waals surface area contributed by atoms with Crippen LogP contribution in [0.5, 0.6) is 0 Å². The van der Waals surface area contributed by atoms with Gasteiger partial charge < -0.3 is 5.32 Å². The van der Waals surface area contributed by atoms with Crippen LogP contribution in [0.2, 0.25) is 0 Å². The van der Waals surface area contributed by atoms with E-state index in [1.807, 2.05) is 11.3 Å². The molecule has 2 heteroatoms. The highest BCUT2D eigenvalue weighted by atomic mass is 32.1. The van der Waals surface area contributed by atoms with Crippen molar-refractivity contribution in [3.05, 3.63) is 21.9 Å². The Kier molecular flexibility index (Phi) is 4.73. The van der Waals surface area contributed by atoms with Gasteiger partial charge in [0.05, 0.1) is 0 Å². The molecular weight excluding hydrogens is 250 g/mol. The summed E-state index contributed by atoms with van der Waals surface area (Å²) >= 11 is 1.96. The molecule has 108 valence electrons. The van der Waals surface area contributed by atoms with Gasteiger partial charge in [0.25, 0.3) is 0 Å². The van der Waals surface area contributed by atoms with E-state index in [2.05, 4.69) is 52.2 Å². The lowest BCUT2D eigenvalue weighted by Crippen LogP contribution is -2.31. The molecule has 1 atom stereocenters. The smallest absolute Gasteiger partial charge is 0.0441 e. The first-order valence-corrected chi connectivity index (χ1v) is 8.47. The number of thiophene rings is 1. The van der Waals surface area contributed by atoms with Gasteiger partial charge in [0.2, 0.25) is 0 Å². The molecule has 19 heavy (non-hydrogen) atoms. The van der Waals surface area contributed by atoms with Crippen molar-refractivity contribution in [3.63, 3.8) is 0 Å². The standard InChI is InChI=1S/C17H29NS/c1-12-6-11-15(19-12)16(18-5)13-7-9-14(10-8-13)17(2,3)4/h6,11,13-14,16,18H,7-10H2,1-5H3. The first kappa shape index (κ1) is 15.1. The summed E-state index contributed by atoms with van der Waals surface area (Å²) in [4.78, 5) is 2.96. The van der Waals surface area contributed by atoms with Crippen LogP contribution in [0.1, 0.15) is 62.3 Å². The molecule has 1 aliphatic rings. The van der Waals surface area contributed by atoms with Gasteiger partial charge in [-0.15, -0.1) is 11.3 Å². The third kappa shape index (κ3) is 3.61. The molecule has 1 unspecified atom stereocenters. The monoisotopic (exact) mass is 279 g/mol. The summed E-state index contributed by atoms with van der Waals surface area (Å²) in [5.74, 6) is 1.73. The molecule has 0 spiro atoms. The normalized spacial score (nSPS) is 26.4. The van der Waals surface area contributed by atoms with Crippen LogP contribution in [0.4, 0.5) is 0 Å². The van der Waals surface area contributed by atoms with Crippen LogP contribution >= 0.6 is 11.3 Å². The first-order valence-electron chi connectivity index (χ1n) is 7.65. The molecule has 1 aromatic heterocycles. The Morgan fingerprint density at radius 1 is 1.16 bits per heavy atom. The van der Waals surface area contributed by atoms with E-state index < -0.39 is 0 Å². The maximum absolute atomic E-state index is 3.57. The molecule has 1 aliphatic carbocycles. The molecule has 0 saturated heterocycles. The molecule has 1 N–H and O–H groups in total. The van der Waals surface area contributed by atoms with Crippen LogP contribution in [0.25, 0.3) is 0 Å². The molecule has 1 heterocycles. The molecule has 0 bridgehead atoms. The van der Waals surface area contributed by atoms with Crippen LogP contribution in [-0.4, -0.2) is 7.05 Å². The quantitative estimate of drug-likeness (QED) is 0.805. The van der Waals surface area contributed by atoms with E-state index in [1.165, 1.54) is 35.4 Å². The predicted molar refractivity (Wildman–Crippen MR) is 85.8 cm³/mol. The van der Waals surface area contributed by atoms with Gasteiger partial charge in [-0.2, -0.15) is 0 Å². The highest BCUT2D eigenvalue weighted by Crippen LogP contribution is 2.44. The van der Waals surface area contributed by atoms with Crippen LogP contribution in [-0.2, 0) is 0 Å². The zero-order chi connectivity index (χ0) is 14.0. The highest BCUT2D eigenvalue weighted by Gasteiger charge is 2.33. The second-order valence-electron chi connectivity index (χ2n) is 7.19. The molecule has 1 aromatic rings. The van der Waals surface area contributed by atoms with Crippen LogP contribution in [0, 0.1) is 24.2 Å². The SMILES string of the molecule is CNC(c1ccc(C)s1)C1CCC(C(C)(C)C)CC1. The minimum Gasteiger partial charge on any atom is -0.312 e. The lowest BCUT2D eigenvalue weighted by atomic mass is 9.68. The number of rotatable bonds is 3. The summed E-state index contributed by atoms with van der Waals surface area (Å²) in [5, 5.41) is 3.57. The lowest BCUT2D eigenvalue weighted by molar-refractivity contribution is 0.135. The van der Waals surface area contributed by atoms with E-state index in [4.69, 9.17) is 0 Å². The van der Waals surface area contributed by atoms with Crippen LogP contribution < -0.4 is 5.32 Å². The maximum atomic E-state index is 3.57. The predicted octanol–water partition coefficient (Wildman–Crippen LogP) is 5.17. The average Bonchev–Trinajstić information content (AvgIpc) is 2.76. The molecule has 1 saturated carbocycles. The van der Waals surface area contributed by atoms with E-state index in [1.54, 1.807) is 0 Å². The molecule has 0 aliphatic heterocycles. The van der Waals surface area contributed by atoms with Crippen LogP contribution in [0.15, 0.2) is 12.1 Å². The number of aryl methyl sites for hydroxylation is 1. The van der Waals surface area contributed by atoms with Crippen molar-refractivity contribution in [2.24, 2.45) is 17.3 Å². The second kappa shape index (κ2) is 5.97. The van der Waals surface area contributed by atoms with E-state index in [0.29, 0.717) is 11.5 Å². The van der Waals surface area contributed by atoms with E-state index in [-0.39, 0.29) is 0 Å². The van der Waals surface area contributed by atoms with Gasteiger partial charge in [-0.3, -0.25) is 0 Å². The van der Waals surface area contributed by atoms with E-state index >= 15 is 0 Å². The van der Waals surface area contributed by atoms with Crippen molar-refractivity contribution >= 4 is 11.3 Å². The van der Waals surface area contributed by atoms with Crippen molar-refractivity contribution < 1.29 is 0 Å². The third-order valence-electron chi connectivity index (χ3n) is 4.85. The fourth-order valence-electron chi connectivity index (χ4n) is 3.55. The molecule has 0 aromatic carbocycles. The molecule has 0 amide bonds. The fraction of sp³-hybridized carbons (Fsp3) is 0.765. The van der Waals surface area contributed by atoms with Crippen molar-refractivity contribution in [1.29, 1.82) is 0 Å². The third-order valence-corrected chi connectivity index (χ3v) is 5.93. The molecule has 1 nitrogen and oxygen atoms in total. The van der Waals surface area contributed by atoms with Crippen molar-refractivity contribution in [3.8, 4) is 0 Å². The van der Waals surface area contributed by atoms with E-state index in [9.17, 15) is 0 Å². The number of nitrogens with one attached hydrogen (secondary N) is 1. The first-order chi connectivity index (χ1) is 8.91. The minimum absolute atomic E-state index is 0.486. The molecule has 1 fully saturated rings. The summed E-state index contributed by atoms with van der Waals surface area (Å²) < 4.78 is 0. The summed E-state index contributed by atoms with van der Waals surface area (Å²) in [6.07, 6.45) is 5.56. The summed E-state index contributed by atoms with van der Waals surface area (Å²) in [6, 6.07) is 5.14. The Labute approximate surface area is 122 Å². The van der Waals surface area contributed by atoms with E-state index in [0.717, 1.165) is 11.8 Å². The largest absolute Gasteiger partial charge is 0.312 e. The number of hydrogen-bond acceptors (Lipinski definition) is 2. The van der Waals surface area contributed by atoms with Crippen molar-refractivity contribution in [2.75, 3.05) is 7.05 Å². The maximum Gasteiger partial charge on any atom is 0.0441 e. The summed E-state index contributed by atoms with van der Waals surface area (Å²) in [5.41, 5.74) is 0.486. The Bertz CT molecular complexity index is 394. The van der Waals surface area contributed by atoms with Crippen molar-refractivity contribution in [1.82, 2.24) is 5.32 Å². The fourth-order valence-corrected chi connectivity index (χ4v) is 4.63. The zero-order valence-corrected chi connectivity index (χ0v) is 13.9. The van der Waals surface area contributed by atoms with Gasteiger partial charge in [-0.25, -0.2) is 0 Å². The Balaban J connectivity index is 1.99. The molecule has 2 rings (SSSR count). The minimum atomic E-state index is 0.486. The topological polar surface area (TPSA) is 12.0 Å². The van der Waals surface area contributed by atoms with Gasteiger partial charge >= 0.3 is 0 Å². The van der Waals surface area contributed by atoms with Gasteiger partial charge in [0, 0.05) is 15.8 Å². The Morgan fingerprint density at radius 2 is 1.79 bits per heavy atom. The summed E-state index contributed by atoms with van der Waals surface area (Å²) in [6.45, 7) is 9.40. The van der Waals surface area contributed by atoms with Crippen LogP contribution in [0.3, 0.4) is 0 Å². The zero-order valence-electron chi connectivity index (χ0n) is 13.1. The molecule has 0 radical (unpaired) electrons. The average molecular weight is 279 g/mol. The van der Waals surface area contributed by atoms with Gasteiger partial charge in [0.15, 0.2) is 0 Å². The molecular formula is C17H29NS. The van der Waals surface area contributed by atoms with Crippen molar-refractivity contribution in [2.45, 2.75) is 59.4 Å². The highest BCUT2D eigenvalue weighted by molar-refractivity contribution is 7.12. The van der Waals surface area contributed by atoms with Gasteiger partial charge in [-0.05, 0) is 69.0 Å².